The first kappa shape index (κ1) is 13.1. The molecule has 1 aliphatic heterocycles. The molecular weight excluding hydrogens is 278 g/mol. The maximum absolute atomic E-state index is 5.43. The Morgan fingerprint density at radius 1 is 0.762 bits per heavy atom. The van der Waals surface area contributed by atoms with Gasteiger partial charge in [0.1, 0.15) is 0 Å². The van der Waals surface area contributed by atoms with E-state index in [0.717, 1.165) is 26.3 Å². The quantitative estimate of drug-likeness (QED) is 0.516. The lowest BCUT2D eigenvalue weighted by Crippen LogP contribution is -2.30. The van der Waals surface area contributed by atoms with Gasteiger partial charge in [0, 0.05) is 18.0 Å². The highest BCUT2D eigenvalue weighted by Gasteiger charge is 2.13. The molecule has 0 amide bonds. The summed E-state index contributed by atoms with van der Waals surface area (Å²) in [6.45, 7) is 3.66. The van der Waals surface area contributed by atoms with E-state index in [1.165, 1.54) is 26.4 Å². The summed E-state index contributed by atoms with van der Waals surface area (Å²) in [7, 11) is 0. The van der Waals surface area contributed by atoms with Crippen LogP contribution in [0.5, 0.6) is 0 Å². The predicted molar refractivity (Wildman–Crippen MR) is 89.7 cm³/mol. The van der Waals surface area contributed by atoms with Crippen LogP contribution in [0.1, 0.15) is 0 Å². The Kier molecular flexibility index (Phi) is 3.55. The molecule has 1 aliphatic rings. The molecule has 1 fully saturated rings. The van der Waals surface area contributed by atoms with Gasteiger partial charge < -0.3 is 4.74 Å². The molecule has 1 heterocycles. The lowest BCUT2D eigenvalue weighted by molar-refractivity contribution is 0.0773. The first-order chi connectivity index (χ1) is 10.4. The lowest BCUT2D eigenvalue weighted by atomic mass is 10.0. The minimum absolute atomic E-state index is 0.834. The summed E-state index contributed by atoms with van der Waals surface area (Å²) in [6, 6.07) is 19.7. The second kappa shape index (κ2) is 5.68. The van der Waals surface area contributed by atoms with Gasteiger partial charge in [-0.2, -0.15) is 0 Å². The Labute approximate surface area is 128 Å². The monoisotopic (exact) mass is 295 g/mol. The Balaban J connectivity index is 1.80. The van der Waals surface area contributed by atoms with Crippen LogP contribution in [0.25, 0.3) is 21.5 Å². The van der Waals surface area contributed by atoms with Crippen molar-refractivity contribution in [2.45, 2.75) is 4.90 Å². The van der Waals surface area contributed by atoms with Crippen LogP contribution in [0.3, 0.4) is 0 Å². The van der Waals surface area contributed by atoms with Crippen molar-refractivity contribution in [1.82, 2.24) is 4.31 Å². The molecule has 0 radical (unpaired) electrons. The standard InChI is InChI=1S/C18H17NOS/c1-2-5-15-14(4-1)8-9-17-16(15)6-3-7-18(17)21-19-10-12-20-13-11-19/h1-9H,10-13H2. The molecular formula is C18H17NOS. The first-order valence-corrected chi connectivity index (χ1v) is 8.10. The average Bonchev–Trinajstić information content (AvgIpc) is 2.56. The zero-order valence-electron chi connectivity index (χ0n) is 11.8. The van der Waals surface area contributed by atoms with Crippen LogP contribution in [0.15, 0.2) is 59.5 Å². The van der Waals surface area contributed by atoms with Crippen molar-refractivity contribution < 1.29 is 4.74 Å². The highest BCUT2D eigenvalue weighted by molar-refractivity contribution is 7.97. The molecule has 0 unspecified atom stereocenters. The third kappa shape index (κ3) is 2.53. The number of rotatable bonds is 2. The molecule has 3 aromatic carbocycles. The van der Waals surface area contributed by atoms with Gasteiger partial charge in [-0.25, -0.2) is 4.31 Å². The van der Waals surface area contributed by atoms with Crippen LogP contribution >= 0.6 is 11.9 Å². The molecule has 3 aromatic rings. The van der Waals surface area contributed by atoms with E-state index in [-0.39, 0.29) is 0 Å². The Morgan fingerprint density at radius 2 is 1.57 bits per heavy atom. The van der Waals surface area contributed by atoms with Gasteiger partial charge in [0.25, 0.3) is 0 Å². The van der Waals surface area contributed by atoms with Gasteiger partial charge in [-0.05, 0) is 39.6 Å². The van der Waals surface area contributed by atoms with E-state index in [2.05, 4.69) is 58.9 Å². The van der Waals surface area contributed by atoms with Crippen LogP contribution in [0.4, 0.5) is 0 Å². The highest BCUT2D eigenvalue weighted by Crippen LogP contribution is 2.34. The maximum atomic E-state index is 5.43. The van der Waals surface area contributed by atoms with Gasteiger partial charge in [0.2, 0.25) is 0 Å². The largest absolute Gasteiger partial charge is 0.379 e. The molecule has 0 atom stereocenters. The predicted octanol–water partition coefficient (Wildman–Crippen LogP) is 4.33. The Bertz CT molecular complexity index is 780. The molecule has 4 rings (SSSR count). The molecule has 0 aromatic heterocycles. The number of benzene rings is 3. The normalized spacial score (nSPS) is 16.6. The van der Waals surface area contributed by atoms with Crippen molar-refractivity contribution in [3.8, 4) is 0 Å². The fraction of sp³-hybridized carbons (Fsp3) is 0.222. The van der Waals surface area contributed by atoms with Crippen molar-refractivity contribution in [3.63, 3.8) is 0 Å². The fourth-order valence-electron chi connectivity index (χ4n) is 2.87. The van der Waals surface area contributed by atoms with Gasteiger partial charge >= 0.3 is 0 Å². The number of hydrogen-bond acceptors (Lipinski definition) is 3. The van der Waals surface area contributed by atoms with E-state index in [1.807, 2.05) is 11.9 Å². The summed E-state index contributed by atoms with van der Waals surface area (Å²) in [5.41, 5.74) is 0. The third-order valence-electron chi connectivity index (χ3n) is 3.94. The van der Waals surface area contributed by atoms with Crippen LogP contribution in [-0.4, -0.2) is 30.6 Å². The van der Waals surface area contributed by atoms with E-state index in [1.54, 1.807) is 0 Å². The first-order valence-electron chi connectivity index (χ1n) is 7.33. The molecule has 2 nitrogen and oxygen atoms in total. The smallest absolute Gasteiger partial charge is 0.0603 e. The molecule has 0 aliphatic carbocycles. The molecule has 3 heteroatoms. The van der Waals surface area contributed by atoms with E-state index in [0.29, 0.717) is 0 Å². The second-order valence-electron chi connectivity index (χ2n) is 5.27. The van der Waals surface area contributed by atoms with Crippen LogP contribution in [0, 0.1) is 0 Å². The minimum atomic E-state index is 0.834. The minimum Gasteiger partial charge on any atom is -0.379 e. The molecule has 106 valence electrons. The van der Waals surface area contributed by atoms with Gasteiger partial charge in [-0.15, -0.1) is 0 Å². The zero-order chi connectivity index (χ0) is 14.1. The molecule has 0 saturated carbocycles. The topological polar surface area (TPSA) is 12.5 Å². The summed E-state index contributed by atoms with van der Waals surface area (Å²) < 4.78 is 7.82. The molecule has 0 N–H and O–H groups in total. The zero-order valence-corrected chi connectivity index (χ0v) is 12.6. The number of fused-ring (bicyclic) bond motifs is 3. The Hall–Kier alpha value is -1.55. The van der Waals surface area contributed by atoms with E-state index < -0.39 is 0 Å². The average molecular weight is 295 g/mol. The van der Waals surface area contributed by atoms with Crippen LogP contribution < -0.4 is 0 Å². The number of morpholine rings is 1. The van der Waals surface area contributed by atoms with Gasteiger partial charge in [0.05, 0.1) is 13.2 Å². The summed E-state index contributed by atoms with van der Waals surface area (Å²) >= 11 is 1.86. The van der Waals surface area contributed by atoms with Crippen molar-refractivity contribution >= 4 is 33.5 Å². The SMILES string of the molecule is c1ccc2c(c1)ccc1c(SN3CCOCC3)cccc12. The summed E-state index contributed by atoms with van der Waals surface area (Å²) in [6.07, 6.45) is 0. The molecule has 0 bridgehead atoms. The van der Waals surface area contributed by atoms with Gasteiger partial charge in [-0.1, -0.05) is 48.5 Å². The van der Waals surface area contributed by atoms with E-state index >= 15 is 0 Å². The van der Waals surface area contributed by atoms with E-state index in [4.69, 9.17) is 4.74 Å². The summed E-state index contributed by atoms with van der Waals surface area (Å²) in [4.78, 5) is 1.33. The van der Waals surface area contributed by atoms with Gasteiger partial charge in [0.15, 0.2) is 0 Å². The summed E-state index contributed by atoms with van der Waals surface area (Å²) in [5, 5.41) is 5.32. The van der Waals surface area contributed by atoms with Gasteiger partial charge in [-0.3, -0.25) is 0 Å². The maximum Gasteiger partial charge on any atom is 0.0603 e. The lowest BCUT2D eigenvalue weighted by Gasteiger charge is -2.25. The third-order valence-corrected chi connectivity index (χ3v) is 5.12. The Morgan fingerprint density at radius 3 is 2.48 bits per heavy atom. The molecule has 1 saturated heterocycles. The molecule has 21 heavy (non-hydrogen) atoms. The molecule has 0 spiro atoms. The fourth-order valence-corrected chi connectivity index (χ4v) is 3.89. The summed E-state index contributed by atoms with van der Waals surface area (Å²) in [5.74, 6) is 0. The second-order valence-corrected chi connectivity index (χ2v) is 6.41. The number of ether oxygens (including phenoxy) is 1. The van der Waals surface area contributed by atoms with Crippen LogP contribution in [0.2, 0.25) is 0 Å². The van der Waals surface area contributed by atoms with Crippen molar-refractivity contribution in [1.29, 1.82) is 0 Å². The number of nitrogens with zero attached hydrogens (tertiary/aromatic N) is 1. The van der Waals surface area contributed by atoms with Crippen LogP contribution in [-0.2, 0) is 4.74 Å². The highest BCUT2D eigenvalue weighted by atomic mass is 32.2. The van der Waals surface area contributed by atoms with Crippen molar-refractivity contribution in [2.75, 3.05) is 26.3 Å². The van der Waals surface area contributed by atoms with Crippen molar-refractivity contribution in [2.24, 2.45) is 0 Å². The number of hydrogen-bond donors (Lipinski definition) is 0. The van der Waals surface area contributed by atoms with E-state index in [9.17, 15) is 0 Å². The van der Waals surface area contributed by atoms with Crippen molar-refractivity contribution in [3.05, 3.63) is 54.6 Å².